The van der Waals surface area contributed by atoms with Crippen LogP contribution in [-0.2, 0) is 4.74 Å². The van der Waals surface area contributed by atoms with Crippen LogP contribution in [0.2, 0.25) is 0 Å². The van der Waals surface area contributed by atoms with Crippen molar-refractivity contribution in [2.45, 2.75) is 31.0 Å². The molecule has 0 unspecified atom stereocenters. The first-order chi connectivity index (χ1) is 12.5. The molecule has 0 radical (unpaired) electrons. The van der Waals surface area contributed by atoms with E-state index >= 15 is 0 Å². The Labute approximate surface area is 153 Å². The Balaban J connectivity index is 1.59. The van der Waals surface area contributed by atoms with Crippen LogP contribution < -0.4 is 16.8 Å². The number of nitrogens with zero attached hydrogens (tertiary/aromatic N) is 4. The van der Waals surface area contributed by atoms with E-state index in [2.05, 4.69) is 20.3 Å². The third kappa shape index (κ3) is 3.82. The number of ether oxygens (including phenoxy) is 1. The highest BCUT2D eigenvalue weighted by atomic mass is 32.2. The number of thioether (sulfide) groups is 1. The quantitative estimate of drug-likeness (QED) is 0.190. The van der Waals surface area contributed by atoms with Crippen molar-refractivity contribution in [2.24, 2.45) is 5.73 Å². The molecule has 2 aromatic rings. The Morgan fingerprint density at radius 3 is 2.92 bits per heavy atom. The van der Waals surface area contributed by atoms with Crippen LogP contribution in [0.3, 0.4) is 0 Å². The third-order valence-electron chi connectivity index (χ3n) is 4.06. The zero-order valence-electron chi connectivity index (χ0n) is 13.9. The number of hydrogen-bond donors (Lipinski definition) is 6. The normalized spacial score (nSPS) is 25.6. The van der Waals surface area contributed by atoms with Gasteiger partial charge in [-0.2, -0.15) is 11.8 Å². The number of guanidine groups is 1. The van der Waals surface area contributed by atoms with Crippen LogP contribution in [0, 0.1) is 5.41 Å². The number of aliphatic hydroxyl groups excluding tert-OH is 2. The van der Waals surface area contributed by atoms with Crippen molar-refractivity contribution >= 4 is 34.7 Å². The zero-order valence-corrected chi connectivity index (χ0v) is 14.8. The van der Waals surface area contributed by atoms with E-state index in [1.165, 1.54) is 12.7 Å². The molecule has 1 fully saturated rings. The minimum atomic E-state index is -1.10. The Morgan fingerprint density at radius 2 is 2.15 bits per heavy atom. The van der Waals surface area contributed by atoms with Crippen molar-refractivity contribution in [1.29, 1.82) is 5.41 Å². The molecule has 12 heteroatoms. The molecule has 0 aromatic carbocycles. The maximum absolute atomic E-state index is 10.4. The minimum Gasteiger partial charge on any atom is -0.387 e. The van der Waals surface area contributed by atoms with E-state index in [4.69, 9.17) is 21.6 Å². The van der Waals surface area contributed by atoms with E-state index in [1.54, 1.807) is 16.3 Å². The number of fused-ring (bicyclic) bond motifs is 1. The predicted octanol–water partition coefficient (Wildman–Crippen LogP) is -1.37. The number of rotatable bonds is 7. The average molecular weight is 382 g/mol. The first-order valence-corrected chi connectivity index (χ1v) is 9.24. The number of nitrogen functional groups attached to an aromatic ring is 1. The third-order valence-corrected chi connectivity index (χ3v) is 5.20. The lowest BCUT2D eigenvalue weighted by molar-refractivity contribution is -0.0289. The van der Waals surface area contributed by atoms with E-state index in [-0.39, 0.29) is 11.8 Å². The summed E-state index contributed by atoms with van der Waals surface area (Å²) < 4.78 is 7.41. The topological polar surface area (TPSA) is 181 Å². The smallest absolute Gasteiger partial charge is 0.185 e. The van der Waals surface area contributed by atoms with Crippen molar-refractivity contribution < 1.29 is 14.9 Å². The Kier molecular flexibility index (Phi) is 5.76. The molecule has 0 bridgehead atoms. The molecule has 1 aliphatic heterocycles. The molecule has 2 aromatic heterocycles. The van der Waals surface area contributed by atoms with Gasteiger partial charge in [0.2, 0.25) is 0 Å². The molecule has 0 saturated carbocycles. The van der Waals surface area contributed by atoms with E-state index in [9.17, 15) is 10.2 Å². The molecule has 0 spiro atoms. The highest BCUT2D eigenvalue weighted by Gasteiger charge is 2.44. The summed E-state index contributed by atoms with van der Waals surface area (Å²) in [5.74, 6) is 1.53. The van der Waals surface area contributed by atoms with Crippen LogP contribution >= 0.6 is 11.8 Å². The molecule has 0 aliphatic carbocycles. The first-order valence-electron chi connectivity index (χ1n) is 8.09. The Hall–Kier alpha value is -2.15. The molecule has 3 rings (SSSR count). The molecule has 0 amide bonds. The number of aliphatic hydroxyl groups is 2. The summed E-state index contributed by atoms with van der Waals surface area (Å²) in [6.45, 7) is 0.615. The summed E-state index contributed by atoms with van der Waals surface area (Å²) in [6, 6.07) is 0. The number of nitrogens with one attached hydrogen (secondary N) is 2. The van der Waals surface area contributed by atoms with Gasteiger partial charge < -0.3 is 31.7 Å². The van der Waals surface area contributed by atoms with Gasteiger partial charge in [-0.1, -0.05) is 0 Å². The lowest BCUT2D eigenvalue weighted by Gasteiger charge is -2.16. The van der Waals surface area contributed by atoms with Crippen LogP contribution in [0.1, 0.15) is 12.6 Å². The minimum absolute atomic E-state index is 0.0486. The lowest BCUT2D eigenvalue weighted by atomic mass is 10.1. The van der Waals surface area contributed by atoms with Crippen molar-refractivity contribution in [2.75, 3.05) is 23.8 Å². The first kappa shape index (κ1) is 18.6. The van der Waals surface area contributed by atoms with Gasteiger partial charge in [0, 0.05) is 12.3 Å². The highest BCUT2D eigenvalue weighted by molar-refractivity contribution is 7.99. The number of imidazole rings is 1. The molecule has 3 heterocycles. The molecule has 8 N–H and O–H groups in total. The number of anilines is 1. The Morgan fingerprint density at radius 1 is 1.35 bits per heavy atom. The van der Waals surface area contributed by atoms with Crippen LogP contribution in [0.25, 0.3) is 11.2 Å². The molecule has 4 atom stereocenters. The maximum Gasteiger partial charge on any atom is 0.185 e. The van der Waals surface area contributed by atoms with Gasteiger partial charge in [-0.25, -0.2) is 15.0 Å². The zero-order chi connectivity index (χ0) is 18.7. The summed E-state index contributed by atoms with van der Waals surface area (Å²) >= 11 is 1.60. The van der Waals surface area contributed by atoms with Crippen molar-refractivity contribution in [3.8, 4) is 0 Å². The fourth-order valence-corrected chi connectivity index (χ4v) is 3.77. The van der Waals surface area contributed by atoms with Crippen molar-refractivity contribution in [3.05, 3.63) is 12.7 Å². The molecular weight excluding hydrogens is 360 g/mol. The average Bonchev–Trinajstić information content (AvgIpc) is 3.15. The molecule has 142 valence electrons. The highest BCUT2D eigenvalue weighted by Crippen LogP contribution is 2.33. The van der Waals surface area contributed by atoms with Gasteiger partial charge in [0.05, 0.1) is 12.4 Å². The Bertz CT molecular complexity index is 772. The van der Waals surface area contributed by atoms with E-state index in [1.807, 2.05) is 0 Å². The largest absolute Gasteiger partial charge is 0.387 e. The van der Waals surface area contributed by atoms with Crippen LogP contribution in [0.15, 0.2) is 12.7 Å². The van der Waals surface area contributed by atoms with E-state index in [0.29, 0.717) is 23.5 Å². The second-order valence-corrected chi connectivity index (χ2v) is 7.05. The molecular formula is C14H22N8O3S. The predicted molar refractivity (Wildman–Crippen MR) is 97.5 cm³/mol. The number of hydrogen-bond acceptors (Lipinski definition) is 9. The second-order valence-electron chi connectivity index (χ2n) is 5.90. The summed E-state index contributed by atoms with van der Waals surface area (Å²) in [5.41, 5.74) is 11.9. The summed E-state index contributed by atoms with van der Waals surface area (Å²) in [6.07, 6.45) is 0.177. The van der Waals surface area contributed by atoms with Gasteiger partial charge in [0.25, 0.3) is 0 Å². The van der Waals surface area contributed by atoms with E-state index < -0.39 is 24.5 Å². The second kappa shape index (κ2) is 8.03. The van der Waals surface area contributed by atoms with Gasteiger partial charge in [0.1, 0.15) is 24.1 Å². The number of nitrogens with two attached hydrogens (primary N) is 2. The standard InChI is InChI=1S/C14H22N8O3S/c15-11-8-12(20-5-19-11)22(6-21-8)13-10(24)9(23)7(25-13)4-26-3-1-2-18-14(16)17/h5-7,9-10,13,23-24H,1-4H2,(H2,15,19,20)(H4,16,17,18)/t7-,9-,10-,13-/m1/s1. The molecule has 1 saturated heterocycles. The SMILES string of the molecule is N=C(N)NCCCSC[C@H]1O[C@@H](n2cnc3c(N)ncnc32)[C@H](O)[C@@H]1O. The summed E-state index contributed by atoms with van der Waals surface area (Å²) in [7, 11) is 0. The monoisotopic (exact) mass is 382 g/mol. The van der Waals surface area contributed by atoms with Crippen LogP contribution in [0.4, 0.5) is 5.82 Å². The van der Waals surface area contributed by atoms with E-state index in [0.717, 1.165) is 12.2 Å². The molecule has 1 aliphatic rings. The summed E-state index contributed by atoms with van der Waals surface area (Å²) in [5, 5.41) is 30.5. The van der Waals surface area contributed by atoms with Crippen LogP contribution in [0.5, 0.6) is 0 Å². The lowest BCUT2D eigenvalue weighted by Crippen LogP contribution is -2.33. The maximum atomic E-state index is 10.4. The fraction of sp³-hybridized carbons (Fsp3) is 0.571. The fourth-order valence-electron chi connectivity index (χ4n) is 2.75. The molecule has 11 nitrogen and oxygen atoms in total. The van der Waals surface area contributed by atoms with Crippen molar-refractivity contribution in [1.82, 2.24) is 24.8 Å². The van der Waals surface area contributed by atoms with Gasteiger partial charge in [0.15, 0.2) is 23.7 Å². The van der Waals surface area contributed by atoms with Gasteiger partial charge in [-0.15, -0.1) is 0 Å². The van der Waals surface area contributed by atoms with Crippen molar-refractivity contribution in [3.63, 3.8) is 0 Å². The van der Waals surface area contributed by atoms with Crippen LogP contribution in [-0.4, -0.2) is 72.1 Å². The van der Waals surface area contributed by atoms with Gasteiger partial charge >= 0.3 is 0 Å². The summed E-state index contributed by atoms with van der Waals surface area (Å²) in [4.78, 5) is 12.2. The molecule has 26 heavy (non-hydrogen) atoms. The van der Waals surface area contributed by atoms with Gasteiger partial charge in [-0.05, 0) is 12.2 Å². The van der Waals surface area contributed by atoms with Gasteiger partial charge in [-0.3, -0.25) is 9.98 Å². The number of aromatic nitrogens is 4.